The molecule has 1 rings (SSSR count). The van der Waals surface area contributed by atoms with Crippen LogP contribution in [0.4, 0.5) is 0 Å². The van der Waals surface area contributed by atoms with Crippen LogP contribution >= 0.6 is 0 Å². The zero-order valence-electron chi connectivity index (χ0n) is 7.14. The Kier molecular flexibility index (Phi) is 2.72. The van der Waals surface area contributed by atoms with Crippen molar-refractivity contribution in [2.24, 2.45) is 17.6 Å². The van der Waals surface area contributed by atoms with E-state index >= 15 is 0 Å². The van der Waals surface area contributed by atoms with Crippen molar-refractivity contribution in [2.45, 2.75) is 45.6 Å². The van der Waals surface area contributed by atoms with E-state index in [4.69, 9.17) is 5.73 Å². The minimum atomic E-state index is 0.541. The van der Waals surface area contributed by atoms with Gasteiger partial charge in [0, 0.05) is 6.04 Å². The summed E-state index contributed by atoms with van der Waals surface area (Å²) in [6, 6.07) is 0.541. The molecule has 2 atom stereocenters. The lowest BCUT2D eigenvalue weighted by atomic mass is 9.76. The molecule has 60 valence electrons. The van der Waals surface area contributed by atoms with Gasteiger partial charge in [0.05, 0.1) is 0 Å². The van der Waals surface area contributed by atoms with E-state index in [2.05, 4.69) is 13.8 Å². The lowest BCUT2D eigenvalue weighted by Gasteiger charge is -2.33. The summed E-state index contributed by atoms with van der Waals surface area (Å²) in [5.41, 5.74) is 5.81. The van der Waals surface area contributed by atoms with Crippen LogP contribution in [-0.4, -0.2) is 6.04 Å². The van der Waals surface area contributed by atoms with E-state index in [9.17, 15) is 0 Å². The molecule has 1 saturated carbocycles. The smallest absolute Gasteiger partial charge is 0.00672 e. The summed E-state index contributed by atoms with van der Waals surface area (Å²) in [7, 11) is 0. The zero-order chi connectivity index (χ0) is 7.56. The third-order valence-corrected chi connectivity index (χ3v) is 2.59. The molecular weight excluding hydrogens is 122 g/mol. The fraction of sp³-hybridized carbons (Fsp3) is 1.00. The van der Waals surface area contributed by atoms with Crippen LogP contribution in [0.15, 0.2) is 0 Å². The number of hydrogen-bond donors (Lipinski definition) is 1. The molecule has 10 heavy (non-hydrogen) atoms. The van der Waals surface area contributed by atoms with Crippen LogP contribution in [0.2, 0.25) is 0 Å². The second-order valence-electron chi connectivity index (χ2n) is 3.97. The average molecular weight is 141 g/mol. The first-order chi connectivity index (χ1) is 4.70. The maximum absolute atomic E-state index is 5.81. The molecule has 0 heterocycles. The Hall–Kier alpha value is -0.0400. The van der Waals surface area contributed by atoms with Gasteiger partial charge in [0.1, 0.15) is 0 Å². The van der Waals surface area contributed by atoms with Gasteiger partial charge in [0.25, 0.3) is 0 Å². The molecule has 0 bridgehead atoms. The molecule has 0 saturated heterocycles. The van der Waals surface area contributed by atoms with E-state index in [1.54, 1.807) is 0 Å². The summed E-state index contributed by atoms with van der Waals surface area (Å²) >= 11 is 0. The van der Waals surface area contributed by atoms with Crippen molar-refractivity contribution in [3.8, 4) is 0 Å². The van der Waals surface area contributed by atoms with Crippen LogP contribution in [-0.2, 0) is 0 Å². The van der Waals surface area contributed by atoms with Crippen LogP contribution in [0.25, 0.3) is 0 Å². The Morgan fingerprint density at radius 3 is 2.40 bits per heavy atom. The SMILES string of the molecule is CC(C)CCC1CCC1N. The van der Waals surface area contributed by atoms with Crippen molar-refractivity contribution in [2.75, 3.05) is 0 Å². The fourth-order valence-electron chi connectivity index (χ4n) is 1.50. The third kappa shape index (κ3) is 1.98. The third-order valence-electron chi connectivity index (χ3n) is 2.59. The summed E-state index contributed by atoms with van der Waals surface area (Å²) in [5.74, 6) is 1.72. The summed E-state index contributed by atoms with van der Waals surface area (Å²) in [5, 5.41) is 0. The van der Waals surface area contributed by atoms with E-state index in [1.807, 2.05) is 0 Å². The lowest BCUT2D eigenvalue weighted by Crippen LogP contribution is -2.39. The minimum absolute atomic E-state index is 0.541. The highest BCUT2D eigenvalue weighted by Crippen LogP contribution is 2.30. The monoisotopic (exact) mass is 141 g/mol. The predicted molar refractivity (Wildman–Crippen MR) is 44.8 cm³/mol. The predicted octanol–water partition coefficient (Wildman–Crippen LogP) is 2.16. The van der Waals surface area contributed by atoms with Gasteiger partial charge in [-0.3, -0.25) is 0 Å². The molecule has 0 aliphatic heterocycles. The van der Waals surface area contributed by atoms with Crippen molar-refractivity contribution in [1.29, 1.82) is 0 Å². The fourth-order valence-corrected chi connectivity index (χ4v) is 1.50. The van der Waals surface area contributed by atoms with Crippen molar-refractivity contribution >= 4 is 0 Å². The van der Waals surface area contributed by atoms with Gasteiger partial charge in [0.15, 0.2) is 0 Å². The molecule has 2 unspecified atom stereocenters. The molecule has 0 aromatic carbocycles. The topological polar surface area (TPSA) is 26.0 Å². The highest BCUT2D eigenvalue weighted by atomic mass is 14.7. The first kappa shape index (κ1) is 8.06. The summed E-state index contributed by atoms with van der Waals surface area (Å²) in [6.45, 7) is 4.56. The van der Waals surface area contributed by atoms with Gasteiger partial charge in [-0.2, -0.15) is 0 Å². The molecule has 0 radical (unpaired) electrons. The highest BCUT2D eigenvalue weighted by Gasteiger charge is 2.26. The van der Waals surface area contributed by atoms with Crippen molar-refractivity contribution in [3.05, 3.63) is 0 Å². The molecule has 1 aliphatic carbocycles. The molecular formula is C9H19N. The number of rotatable bonds is 3. The van der Waals surface area contributed by atoms with Crippen LogP contribution in [0.1, 0.15) is 39.5 Å². The Balaban J connectivity index is 2.03. The normalized spacial score (nSPS) is 32.4. The van der Waals surface area contributed by atoms with Crippen LogP contribution in [0.3, 0.4) is 0 Å². The van der Waals surface area contributed by atoms with Gasteiger partial charge in [-0.15, -0.1) is 0 Å². The summed E-state index contributed by atoms with van der Waals surface area (Å²) in [6.07, 6.45) is 5.37. The lowest BCUT2D eigenvalue weighted by molar-refractivity contribution is 0.228. The second kappa shape index (κ2) is 3.38. The van der Waals surface area contributed by atoms with E-state index in [1.165, 1.54) is 25.7 Å². The minimum Gasteiger partial charge on any atom is -0.327 e. The molecule has 0 aromatic rings. The van der Waals surface area contributed by atoms with Crippen molar-refractivity contribution in [1.82, 2.24) is 0 Å². The largest absolute Gasteiger partial charge is 0.327 e. The van der Waals surface area contributed by atoms with E-state index < -0.39 is 0 Å². The van der Waals surface area contributed by atoms with E-state index in [0.717, 1.165) is 11.8 Å². The van der Waals surface area contributed by atoms with Gasteiger partial charge in [-0.1, -0.05) is 20.3 Å². The van der Waals surface area contributed by atoms with Crippen LogP contribution in [0.5, 0.6) is 0 Å². The molecule has 0 amide bonds. The highest BCUT2D eigenvalue weighted by molar-refractivity contribution is 4.83. The van der Waals surface area contributed by atoms with Gasteiger partial charge in [-0.05, 0) is 31.1 Å². The Bertz CT molecular complexity index is 98.9. The maximum atomic E-state index is 5.81. The molecule has 2 N–H and O–H groups in total. The average Bonchev–Trinajstić information content (AvgIpc) is 1.84. The Morgan fingerprint density at radius 1 is 1.40 bits per heavy atom. The first-order valence-corrected chi connectivity index (χ1v) is 4.45. The number of hydrogen-bond acceptors (Lipinski definition) is 1. The Morgan fingerprint density at radius 2 is 2.10 bits per heavy atom. The van der Waals surface area contributed by atoms with Crippen LogP contribution < -0.4 is 5.73 Å². The number of nitrogens with two attached hydrogens (primary N) is 1. The Labute approximate surface area is 64.0 Å². The zero-order valence-corrected chi connectivity index (χ0v) is 7.14. The first-order valence-electron chi connectivity index (χ1n) is 4.45. The van der Waals surface area contributed by atoms with Gasteiger partial charge in [0.2, 0.25) is 0 Å². The van der Waals surface area contributed by atoms with Crippen molar-refractivity contribution in [3.63, 3.8) is 0 Å². The van der Waals surface area contributed by atoms with Gasteiger partial charge in [-0.25, -0.2) is 0 Å². The van der Waals surface area contributed by atoms with Gasteiger partial charge >= 0.3 is 0 Å². The summed E-state index contributed by atoms with van der Waals surface area (Å²) < 4.78 is 0. The quantitative estimate of drug-likeness (QED) is 0.640. The standard InChI is InChI=1S/C9H19N/c1-7(2)3-4-8-5-6-9(8)10/h7-9H,3-6,10H2,1-2H3. The summed E-state index contributed by atoms with van der Waals surface area (Å²) in [4.78, 5) is 0. The van der Waals surface area contributed by atoms with E-state index in [-0.39, 0.29) is 0 Å². The van der Waals surface area contributed by atoms with Gasteiger partial charge < -0.3 is 5.73 Å². The van der Waals surface area contributed by atoms with Crippen LogP contribution in [0, 0.1) is 11.8 Å². The molecule has 1 heteroatoms. The molecule has 0 spiro atoms. The molecule has 0 aromatic heterocycles. The van der Waals surface area contributed by atoms with Crippen molar-refractivity contribution < 1.29 is 0 Å². The molecule has 1 fully saturated rings. The molecule has 1 aliphatic rings. The maximum Gasteiger partial charge on any atom is 0.00672 e. The second-order valence-corrected chi connectivity index (χ2v) is 3.97. The van der Waals surface area contributed by atoms with E-state index in [0.29, 0.717) is 6.04 Å². The molecule has 1 nitrogen and oxygen atoms in total.